The molecule has 2 N–H and O–H groups in total. The lowest BCUT2D eigenvalue weighted by Crippen LogP contribution is -2.32. The Balaban J connectivity index is 2.26. The van der Waals surface area contributed by atoms with Crippen molar-refractivity contribution >= 4 is 23.1 Å². The Labute approximate surface area is 127 Å². The van der Waals surface area contributed by atoms with Crippen molar-refractivity contribution in [2.24, 2.45) is 10.8 Å². The number of nitrogens with zero attached hydrogens (tertiary/aromatic N) is 2. The molecule has 2 amide bonds. The van der Waals surface area contributed by atoms with Crippen molar-refractivity contribution in [2.45, 2.75) is 0 Å². The third-order valence-corrected chi connectivity index (χ3v) is 3.30. The third kappa shape index (κ3) is 2.40. The van der Waals surface area contributed by atoms with Crippen molar-refractivity contribution in [3.8, 4) is 0 Å². The summed E-state index contributed by atoms with van der Waals surface area (Å²) in [4.78, 5) is 23.7. The molecule has 0 aliphatic carbocycles. The molecule has 5 nitrogen and oxygen atoms in total. The molecular weight excluding hydrogens is 278 g/mol. The SMILES string of the molecule is NC(=O)C1=C(c2ccccc2)C(c2ccccc2)=N[N]C1=O. The monoisotopic (exact) mass is 290 g/mol. The van der Waals surface area contributed by atoms with Gasteiger partial charge >= 0.3 is 5.91 Å². The maximum Gasteiger partial charge on any atom is 0.301 e. The molecule has 2 aromatic rings. The predicted molar refractivity (Wildman–Crippen MR) is 82.7 cm³/mol. The van der Waals surface area contributed by atoms with Gasteiger partial charge in [-0.3, -0.25) is 9.59 Å². The lowest BCUT2D eigenvalue weighted by molar-refractivity contribution is -0.122. The lowest BCUT2D eigenvalue weighted by Gasteiger charge is -2.18. The van der Waals surface area contributed by atoms with Crippen LogP contribution in [0, 0.1) is 0 Å². The highest BCUT2D eigenvalue weighted by molar-refractivity contribution is 6.42. The molecule has 0 unspecified atom stereocenters. The molecule has 0 saturated heterocycles. The summed E-state index contributed by atoms with van der Waals surface area (Å²) in [6, 6.07) is 18.3. The van der Waals surface area contributed by atoms with Crippen LogP contribution in [0.1, 0.15) is 11.1 Å². The number of benzene rings is 2. The van der Waals surface area contributed by atoms with Gasteiger partial charge in [-0.2, -0.15) is 0 Å². The summed E-state index contributed by atoms with van der Waals surface area (Å²) in [5.74, 6) is -1.53. The van der Waals surface area contributed by atoms with Crippen molar-refractivity contribution < 1.29 is 9.59 Å². The van der Waals surface area contributed by atoms with Crippen molar-refractivity contribution in [3.63, 3.8) is 0 Å². The molecule has 0 bridgehead atoms. The van der Waals surface area contributed by atoms with E-state index in [0.717, 1.165) is 5.56 Å². The summed E-state index contributed by atoms with van der Waals surface area (Å²) in [6.07, 6.45) is 0. The van der Waals surface area contributed by atoms with Gasteiger partial charge in [0.15, 0.2) is 0 Å². The first-order valence-electron chi connectivity index (χ1n) is 6.67. The van der Waals surface area contributed by atoms with Crippen LogP contribution in [-0.4, -0.2) is 17.5 Å². The Kier molecular flexibility index (Phi) is 3.53. The van der Waals surface area contributed by atoms with Gasteiger partial charge in [0.1, 0.15) is 11.3 Å². The number of amides is 2. The molecule has 1 heterocycles. The van der Waals surface area contributed by atoms with Gasteiger partial charge in [0.05, 0.1) is 0 Å². The Morgan fingerprint density at radius 3 is 1.95 bits per heavy atom. The van der Waals surface area contributed by atoms with Crippen LogP contribution in [0.2, 0.25) is 0 Å². The van der Waals surface area contributed by atoms with Crippen LogP contribution < -0.4 is 11.2 Å². The normalized spacial score (nSPS) is 14.4. The fourth-order valence-corrected chi connectivity index (χ4v) is 2.33. The maximum absolute atomic E-state index is 12.0. The van der Waals surface area contributed by atoms with E-state index in [4.69, 9.17) is 5.73 Å². The Morgan fingerprint density at radius 2 is 1.41 bits per heavy atom. The molecule has 1 radical (unpaired) electrons. The summed E-state index contributed by atoms with van der Waals surface area (Å²) in [7, 11) is 0. The summed E-state index contributed by atoms with van der Waals surface area (Å²) in [5.41, 5.74) is 11.1. The van der Waals surface area contributed by atoms with Gasteiger partial charge < -0.3 is 5.73 Å². The highest BCUT2D eigenvalue weighted by Crippen LogP contribution is 2.27. The molecule has 22 heavy (non-hydrogen) atoms. The predicted octanol–water partition coefficient (Wildman–Crippen LogP) is 1.47. The number of primary amides is 1. The quantitative estimate of drug-likeness (QED) is 0.868. The Bertz CT molecular complexity index is 793. The number of rotatable bonds is 3. The molecule has 0 saturated carbocycles. The first-order valence-corrected chi connectivity index (χ1v) is 6.67. The minimum Gasteiger partial charge on any atom is -0.365 e. The van der Waals surface area contributed by atoms with Crippen LogP contribution in [0.3, 0.4) is 0 Å². The van der Waals surface area contributed by atoms with E-state index in [0.29, 0.717) is 16.8 Å². The molecule has 2 aromatic carbocycles. The molecule has 3 rings (SSSR count). The van der Waals surface area contributed by atoms with Crippen molar-refractivity contribution in [1.29, 1.82) is 0 Å². The minimum atomic E-state index is -0.809. The first-order chi connectivity index (χ1) is 10.7. The van der Waals surface area contributed by atoms with Crippen molar-refractivity contribution in [3.05, 3.63) is 77.4 Å². The van der Waals surface area contributed by atoms with E-state index in [9.17, 15) is 9.59 Å². The fraction of sp³-hybridized carbons (Fsp3) is 0. The zero-order chi connectivity index (χ0) is 15.5. The van der Waals surface area contributed by atoms with Gasteiger partial charge in [-0.15, -0.1) is 10.5 Å². The number of hydrogen-bond donors (Lipinski definition) is 1. The number of nitrogens with two attached hydrogens (primary N) is 1. The van der Waals surface area contributed by atoms with E-state index in [1.807, 2.05) is 48.5 Å². The largest absolute Gasteiger partial charge is 0.365 e. The smallest absolute Gasteiger partial charge is 0.301 e. The van der Waals surface area contributed by atoms with Gasteiger partial charge in [-0.05, 0) is 5.56 Å². The topological polar surface area (TPSA) is 86.6 Å². The van der Waals surface area contributed by atoms with E-state index >= 15 is 0 Å². The highest BCUT2D eigenvalue weighted by atomic mass is 16.2. The van der Waals surface area contributed by atoms with Crippen LogP contribution in [0.4, 0.5) is 0 Å². The molecule has 107 valence electrons. The van der Waals surface area contributed by atoms with E-state index in [2.05, 4.69) is 10.5 Å². The summed E-state index contributed by atoms with van der Waals surface area (Å²) in [6.45, 7) is 0. The fourth-order valence-electron chi connectivity index (χ4n) is 2.33. The zero-order valence-electron chi connectivity index (χ0n) is 11.6. The number of hydrogen-bond acceptors (Lipinski definition) is 3. The van der Waals surface area contributed by atoms with E-state index < -0.39 is 11.8 Å². The molecule has 0 aromatic heterocycles. The van der Waals surface area contributed by atoms with Gasteiger partial charge in [0.25, 0.3) is 5.91 Å². The van der Waals surface area contributed by atoms with E-state index in [-0.39, 0.29) is 5.57 Å². The summed E-state index contributed by atoms with van der Waals surface area (Å²) in [5, 5.41) is 4.00. The molecule has 1 aliphatic heterocycles. The van der Waals surface area contributed by atoms with Crippen molar-refractivity contribution in [1.82, 2.24) is 5.43 Å². The van der Waals surface area contributed by atoms with Gasteiger partial charge in [-0.1, -0.05) is 60.7 Å². The zero-order valence-corrected chi connectivity index (χ0v) is 11.6. The van der Waals surface area contributed by atoms with Crippen LogP contribution in [-0.2, 0) is 9.59 Å². The molecule has 0 fully saturated rings. The molecular formula is C17H12N3O2. The number of allylic oxidation sites excluding steroid dienone is 1. The molecule has 0 spiro atoms. The molecule has 1 aliphatic rings. The average molecular weight is 290 g/mol. The second kappa shape index (κ2) is 5.65. The third-order valence-electron chi connectivity index (χ3n) is 3.30. The highest BCUT2D eigenvalue weighted by Gasteiger charge is 2.30. The second-order valence-electron chi connectivity index (χ2n) is 4.70. The van der Waals surface area contributed by atoms with Crippen molar-refractivity contribution in [2.75, 3.05) is 0 Å². The number of carbonyl (C=O) groups is 2. The van der Waals surface area contributed by atoms with Crippen LogP contribution in [0.25, 0.3) is 5.57 Å². The second-order valence-corrected chi connectivity index (χ2v) is 4.70. The minimum absolute atomic E-state index is 0.139. The Morgan fingerprint density at radius 1 is 0.864 bits per heavy atom. The van der Waals surface area contributed by atoms with E-state index in [1.165, 1.54) is 0 Å². The lowest BCUT2D eigenvalue weighted by atomic mass is 9.90. The standard InChI is InChI=1S/C17H12N3O2/c18-16(21)14-13(11-7-3-1-4-8-11)15(19-20-17(14)22)12-9-5-2-6-10-12/h1-10H,(H2,18,21). The maximum atomic E-state index is 12.0. The molecule has 5 heteroatoms. The van der Waals surface area contributed by atoms with Crippen LogP contribution in [0.15, 0.2) is 71.3 Å². The molecule has 0 atom stereocenters. The van der Waals surface area contributed by atoms with E-state index in [1.54, 1.807) is 12.1 Å². The van der Waals surface area contributed by atoms with Crippen LogP contribution >= 0.6 is 0 Å². The summed E-state index contributed by atoms with van der Waals surface area (Å²) >= 11 is 0. The van der Waals surface area contributed by atoms with Gasteiger partial charge in [-0.25, -0.2) is 0 Å². The van der Waals surface area contributed by atoms with Gasteiger partial charge in [0, 0.05) is 11.1 Å². The first kappa shape index (κ1) is 13.8. The van der Waals surface area contributed by atoms with Crippen LogP contribution in [0.5, 0.6) is 0 Å². The Hall–Kier alpha value is -3.21. The summed E-state index contributed by atoms with van der Waals surface area (Å²) < 4.78 is 0. The van der Waals surface area contributed by atoms with Gasteiger partial charge in [0.2, 0.25) is 0 Å². The number of carbonyl (C=O) groups excluding carboxylic acids is 2. The average Bonchev–Trinajstić information content (AvgIpc) is 2.56.